The summed E-state index contributed by atoms with van der Waals surface area (Å²) in [5, 5.41) is 11.0. The highest BCUT2D eigenvalue weighted by Gasteiger charge is 2.02. The van der Waals surface area contributed by atoms with Gasteiger partial charge < -0.3 is 10.4 Å². The van der Waals surface area contributed by atoms with Gasteiger partial charge in [-0.2, -0.15) is 0 Å². The first-order valence-corrected chi connectivity index (χ1v) is 7.46. The second-order valence-electron chi connectivity index (χ2n) is 5.21. The van der Waals surface area contributed by atoms with E-state index in [2.05, 4.69) is 35.7 Å². The van der Waals surface area contributed by atoms with E-state index in [0.29, 0.717) is 13.0 Å². The molecule has 0 aliphatic heterocycles. The van der Waals surface area contributed by atoms with E-state index >= 15 is 0 Å². The van der Waals surface area contributed by atoms with Gasteiger partial charge in [-0.15, -0.1) is 0 Å². The number of hydrogen-bond acceptors (Lipinski definition) is 1. The average Bonchev–Trinajstić information content (AvgIpc) is 2.53. The zero-order valence-electron chi connectivity index (χ0n) is 12.5. The van der Waals surface area contributed by atoms with Crippen LogP contribution in [0.15, 0.2) is 72.3 Å². The third-order valence-electron chi connectivity index (χ3n) is 3.40. The van der Waals surface area contributed by atoms with Crippen LogP contribution in [0.4, 0.5) is 4.79 Å². The SMILES string of the molecule is O=C(O)NCCC=C(Cc1ccccc1)Cc1ccccc1. The summed E-state index contributed by atoms with van der Waals surface area (Å²) in [6, 6.07) is 20.7. The molecule has 22 heavy (non-hydrogen) atoms. The molecule has 0 saturated carbocycles. The summed E-state index contributed by atoms with van der Waals surface area (Å²) in [5.41, 5.74) is 3.86. The molecule has 2 aromatic carbocycles. The molecule has 0 bridgehead atoms. The molecule has 0 aliphatic rings. The van der Waals surface area contributed by atoms with Gasteiger partial charge >= 0.3 is 6.09 Å². The summed E-state index contributed by atoms with van der Waals surface area (Å²) in [4.78, 5) is 10.5. The van der Waals surface area contributed by atoms with Crippen LogP contribution >= 0.6 is 0 Å². The zero-order chi connectivity index (χ0) is 15.6. The van der Waals surface area contributed by atoms with Crippen molar-refractivity contribution < 1.29 is 9.90 Å². The topological polar surface area (TPSA) is 49.3 Å². The standard InChI is InChI=1S/C19H21NO2/c21-19(22)20-13-7-12-18(14-16-8-3-1-4-9-16)15-17-10-5-2-6-11-17/h1-6,8-12,20H,7,13-15H2,(H,21,22). The van der Waals surface area contributed by atoms with Gasteiger partial charge in [-0.1, -0.05) is 72.3 Å². The van der Waals surface area contributed by atoms with Gasteiger partial charge in [-0.25, -0.2) is 4.79 Å². The van der Waals surface area contributed by atoms with Crippen molar-refractivity contribution in [1.29, 1.82) is 0 Å². The molecule has 0 heterocycles. The Hall–Kier alpha value is -2.55. The Bertz CT molecular complexity index is 562. The maximum Gasteiger partial charge on any atom is 0.404 e. The average molecular weight is 295 g/mol. The highest BCUT2D eigenvalue weighted by atomic mass is 16.4. The third kappa shape index (κ3) is 5.83. The van der Waals surface area contributed by atoms with Gasteiger partial charge in [0.2, 0.25) is 0 Å². The second-order valence-corrected chi connectivity index (χ2v) is 5.21. The number of rotatable bonds is 7. The Morgan fingerprint density at radius 2 is 1.41 bits per heavy atom. The minimum absolute atomic E-state index is 0.447. The van der Waals surface area contributed by atoms with Crippen LogP contribution in [-0.2, 0) is 12.8 Å². The van der Waals surface area contributed by atoms with Crippen molar-refractivity contribution in [3.8, 4) is 0 Å². The van der Waals surface area contributed by atoms with Gasteiger partial charge in [-0.05, 0) is 30.4 Å². The number of benzene rings is 2. The van der Waals surface area contributed by atoms with Crippen LogP contribution in [0.3, 0.4) is 0 Å². The third-order valence-corrected chi connectivity index (χ3v) is 3.40. The molecule has 114 valence electrons. The zero-order valence-corrected chi connectivity index (χ0v) is 12.5. The van der Waals surface area contributed by atoms with Crippen molar-refractivity contribution in [1.82, 2.24) is 5.32 Å². The van der Waals surface area contributed by atoms with Crippen LogP contribution in [0.25, 0.3) is 0 Å². The summed E-state index contributed by atoms with van der Waals surface area (Å²) in [5.74, 6) is 0. The largest absolute Gasteiger partial charge is 0.465 e. The van der Waals surface area contributed by atoms with E-state index in [9.17, 15) is 4.79 Å². The Morgan fingerprint density at radius 1 is 0.909 bits per heavy atom. The number of carboxylic acid groups (broad SMARTS) is 1. The molecule has 0 atom stereocenters. The Balaban J connectivity index is 2.02. The van der Waals surface area contributed by atoms with E-state index in [1.165, 1.54) is 16.7 Å². The molecule has 1 amide bonds. The first-order valence-electron chi connectivity index (χ1n) is 7.46. The summed E-state index contributed by atoms with van der Waals surface area (Å²) in [6.45, 7) is 0.447. The van der Waals surface area contributed by atoms with Gasteiger partial charge in [-0.3, -0.25) is 0 Å². The molecule has 0 spiro atoms. The number of hydrogen-bond donors (Lipinski definition) is 2. The van der Waals surface area contributed by atoms with Gasteiger partial charge in [0.15, 0.2) is 0 Å². The van der Waals surface area contributed by atoms with Gasteiger partial charge in [0.1, 0.15) is 0 Å². The van der Waals surface area contributed by atoms with E-state index in [1.807, 2.05) is 36.4 Å². The summed E-state index contributed by atoms with van der Waals surface area (Å²) in [6.07, 6.45) is 3.67. The molecule has 0 aromatic heterocycles. The van der Waals surface area contributed by atoms with E-state index < -0.39 is 6.09 Å². The number of allylic oxidation sites excluding steroid dienone is 1. The first-order chi connectivity index (χ1) is 10.7. The molecular formula is C19H21NO2. The van der Waals surface area contributed by atoms with Crippen molar-refractivity contribution in [3.05, 3.63) is 83.4 Å². The Labute approximate surface area is 131 Å². The van der Waals surface area contributed by atoms with Crippen molar-refractivity contribution in [2.75, 3.05) is 6.54 Å². The monoisotopic (exact) mass is 295 g/mol. The second kappa shape index (κ2) is 8.67. The number of nitrogens with one attached hydrogen (secondary N) is 1. The summed E-state index contributed by atoms with van der Waals surface area (Å²) < 4.78 is 0. The quantitative estimate of drug-likeness (QED) is 0.598. The molecule has 2 rings (SSSR count). The predicted octanol–water partition coefficient (Wildman–Crippen LogP) is 4.06. The van der Waals surface area contributed by atoms with Crippen LogP contribution in [0.2, 0.25) is 0 Å². The van der Waals surface area contributed by atoms with Gasteiger partial charge in [0, 0.05) is 6.54 Å². The van der Waals surface area contributed by atoms with Crippen LogP contribution in [-0.4, -0.2) is 17.7 Å². The lowest BCUT2D eigenvalue weighted by atomic mass is 9.97. The number of carbonyl (C=O) groups is 1. The minimum Gasteiger partial charge on any atom is -0.465 e. The lowest BCUT2D eigenvalue weighted by molar-refractivity contribution is 0.194. The Morgan fingerprint density at radius 3 is 1.86 bits per heavy atom. The maximum atomic E-state index is 10.5. The van der Waals surface area contributed by atoms with Gasteiger partial charge in [0.25, 0.3) is 0 Å². The minimum atomic E-state index is -0.971. The maximum absolute atomic E-state index is 10.5. The highest BCUT2D eigenvalue weighted by molar-refractivity contribution is 5.64. The fourth-order valence-corrected chi connectivity index (χ4v) is 2.38. The summed E-state index contributed by atoms with van der Waals surface area (Å²) >= 11 is 0. The smallest absolute Gasteiger partial charge is 0.404 e. The molecule has 0 saturated heterocycles. The van der Waals surface area contributed by atoms with Crippen molar-refractivity contribution in [2.45, 2.75) is 19.3 Å². The van der Waals surface area contributed by atoms with E-state index in [4.69, 9.17) is 5.11 Å². The molecule has 0 unspecified atom stereocenters. The molecule has 3 heteroatoms. The van der Waals surface area contributed by atoms with E-state index in [1.54, 1.807) is 0 Å². The molecule has 0 radical (unpaired) electrons. The van der Waals surface area contributed by atoms with Crippen LogP contribution < -0.4 is 5.32 Å². The molecular weight excluding hydrogens is 274 g/mol. The molecule has 2 N–H and O–H groups in total. The first kappa shape index (κ1) is 15.8. The van der Waals surface area contributed by atoms with E-state index in [0.717, 1.165) is 12.8 Å². The fourth-order valence-electron chi connectivity index (χ4n) is 2.38. The number of amides is 1. The normalized spacial score (nSPS) is 10.0. The summed E-state index contributed by atoms with van der Waals surface area (Å²) in [7, 11) is 0. The Kier molecular flexibility index (Phi) is 6.24. The van der Waals surface area contributed by atoms with Crippen LogP contribution in [0, 0.1) is 0 Å². The van der Waals surface area contributed by atoms with Crippen molar-refractivity contribution in [2.24, 2.45) is 0 Å². The van der Waals surface area contributed by atoms with Crippen LogP contribution in [0.1, 0.15) is 17.5 Å². The van der Waals surface area contributed by atoms with E-state index in [-0.39, 0.29) is 0 Å². The predicted molar refractivity (Wildman–Crippen MR) is 89.0 cm³/mol. The lowest BCUT2D eigenvalue weighted by Gasteiger charge is -2.09. The molecule has 3 nitrogen and oxygen atoms in total. The molecule has 0 fully saturated rings. The fraction of sp³-hybridized carbons (Fsp3) is 0.211. The lowest BCUT2D eigenvalue weighted by Crippen LogP contribution is -2.21. The van der Waals surface area contributed by atoms with Gasteiger partial charge in [0.05, 0.1) is 0 Å². The van der Waals surface area contributed by atoms with Crippen molar-refractivity contribution in [3.63, 3.8) is 0 Å². The molecule has 0 aliphatic carbocycles. The van der Waals surface area contributed by atoms with Crippen molar-refractivity contribution >= 4 is 6.09 Å². The molecule has 2 aromatic rings. The highest BCUT2D eigenvalue weighted by Crippen LogP contribution is 2.14. The van der Waals surface area contributed by atoms with Crippen LogP contribution in [0.5, 0.6) is 0 Å².